The van der Waals surface area contributed by atoms with Crippen LogP contribution in [0.1, 0.15) is 59.7 Å². The van der Waals surface area contributed by atoms with Gasteiger partial charge in [-0.25, -0.2) is 4.79 Å². The van der Waals surface area contributed by atoms with Gasteiger partial charge in [0, 0.05) is 43.2 Å². The van der Waals surface area contributed by atoms with Crippen LogP contribution in [0.2, 0.25) is 0 Å². The van der Waals surface area contributed by atoms with Crippen LogP contribution in [-0.2, 0) is 4.79 Å². The largest absolute Gasteiger partial charge is 0.478 e. The van der Waals surface area contributed by atoms with E-state index in [0.717, 1.165) is 37.5 Å². The van der Waals surface area contributed by atoms with Crippen LogP contribution < -0.4 is 5.32 Å². The maximum Gasteiger partial charge on any atom is 0.335 e. The van der Waals surface area contributed by atoms with Gasteiger partial charge in [-0.05, 0) is 25.3 Å². The zero-order chi connectivity index (χ0) is 20.7. The van der Waals surface area contributed by atoms with E-state index in [9.17, 15) is 24.5 Å². The van der Waals surface area contributed by atoms with E-state index in [1.54, 1.807) is 0 Å². The first kappa shape index (κ1) is 21.3. The second-order valence-electron chi connectivity index (χ2n) is 6.90. The molecule has 2 amide bonds. The van der Waals surface area contributed by atoms with Crippen molar-refractivity contribution < 1.29 is 24.4 Å². The second kappa shape index (κ2) is 9.82. The molecule has 0 atom stereocenters. The van der Waals surface area contributed by atoms with Crippen LogP contribution >= 0.6 is 0 Å². The average Bonchev–Trinajstić information content (AvgIpc) is 2.70. The molecule has 0 aliphatic carbocycles. The lowest BCUT2D eigenvalue weighted by Gasteiger charge is -2.31. The molecule has 1 saturated heterocycles. The number of nitro groups is 1. The number of carboxylic acids is 1. The number of nitrogens with one attached hydrogen (secondary N) is 1. The van der Waals surface area contributed by atoms with Gasteiger partial charge in [0.15, 0.2) is 0 Å². The number of hydrogen-bond donors (Lipinski definition) is 2. The first-order valence-corrected chi connectivity index (χ1v) is 9.43. The Bertz CT molecular complexity index is 724. The molecule has 1 aliphatic heterocycles. The van der Waals surface area contributed by atoms with Gasteiger partial charge in [0.2, 0.25) is 5.91 Å². The van der Waals surface area contributed by atoms with E-state index in [1.807, 2.05) is 0 Å². The number of hydrogen-bond acceptors (Lipinski definition) is 5. The number of rotatable bonds is 8. The predicted octanol–water partition coefficient (Wildman–Crippen LogP) is 2.45. The number of amides is 2. The number of likely N-dealkylation sites (tertiary alicyclic amines) is 1. The van der Waals surface area contributed by atoms with Gasteiger partial charge in [0.25, 0.3) is 11.6 Å². The molecule has 9 heteroatoms. The van der Waals surface area contributed by atoms with Crippen molar-refractivity contribution in [1.29, 1.82) is 0 Å². The summed E-state index contributed by atoms with van der Waals surface area (Å²) in [5.41, 5.74) is -0.780. The van der Waals surface area contributed by atoms with Crippen molar-refractivity contribution >= 4 is 23.5 Å². The minimum Gasteiger partial charge on any atom is -0.478 e. The summed E-state index contributed by atoms with van der Waals surface area (Å²) in [6, 6.07) is 3.15. The Morgan fingerprint density at radius 2 is 1.82 bits per heavy atom. The number of non-ortho nitro benzene ring substituents is 1. The van der Waals surface area contributed by atoms with Gasteiger partial charge in [-0.1, -0.05) is 19.8 Å². The first-order valence-electron chi connectivity index (χ1n) is 9.43. The molecule has 9 nitrogen and oxygen atoms in total. The third-order valence-electron chi connectivity index (χ3n) is 4.86. The third-order valence-corrected chi connectivity index (χ3v) is 4.86. The SMILES string of the molecule is CCCCCNC(=O)C1CCN(C(=O)c2cc(C(=O)O)cc([N+](=O)[O-])c2)CC1. The number of piperidine rings is 1. The van der Waals surface area contributed by atoms with E-state index in [0.29, 0.717) is 32.5 Å². The van der Waals surface area contributed by atoms with Crippen LogP contribution in [-0.4, -0.2) is 52.3 Å². The monoisotopic (exact) mass is 391 g/mol. The zero-order valence-electron chi connectivity index (χ0n) is 15.8. The minimum atomic E-state index is -1.34. The van der Waals surface area contributed by atoms with Crippen LogP contribution in [0.4, 0.5) is 5.69 Å². The second-order valence-corrected chi connectivity index (χ2v) is 6.90. The summed E-state index contributed by atoms with van der Waals surface area (Å²) in [4.78, 5) is 47.8. The summed E-state index contributed by atoms with van der Waals surface area (Å²) in [6.07, 6.45) is 4.10. The highest BCUT2D eigenvalue weighted by Crippen LogP contribution is 2.22. The van der Waals surface area contributed by atoms with E-state index >= 15 is 0 Å². The van der Waals surface area contributed by atoms with Gasteiger partial charge in [-0.2, -0.15) is 0 Å². The molecular weight excluding hydrogens is 366 g/mol. The molecule has 1 aliphatic rings. The van der Waals surface area contributed by atoms with Crippen molar-refractivity contribution in [3.8, 4) is 0 Å². The van der Waals surface area contributed by atoms with Crippen LogP contribution in [0.5, 0.6) is 0 Å². The van der Waals surface area contributed by atoms with Gasteiger partial charge in [-0.15, -0.1) is 0 Å². The molecule has 0 spiro atoms. The topological polar surface area (TPSA) is 130 Å². The molecule has 0 aromatic heterocycles. The van der Waals surface area contributed by atoms with Gasteiger partial charge in [-0.3, -0.25) is 19.7 Å². The molecule has 0 radical (unpaired) electrons. The molecule has 0 bridgehead atoms. The van der Waals surface area contributed by atoms with Gasteiger partial charge in [0.1, 0.15) is 0 Å². The van der Waals surface area contributed by atoms with Crippen molar-refractivity contribution in [3.63, 3.8) is 0 Å². The molecule has 1 aromatic carbocycles. The summed E-state index contributed by atoms with van der Waals surface area (Å²) in [6.45, 7) is 3.43. The third kappa shape index (κ3) is 5.51. The van der Waals surface area contributed by atoms with Crippen LogP contribution in [0.3, 0.4) is 0 Å². The number of benzene rings is 1. The summed E-state index contributed by atoms with van der Waals surface area (Å²) in [5.74, 6) is -1.97. The first-order chi connectivity index (χ1) is 13.3. The highest BCUT2D eigenvalue weighted by atomic mass is 16.6. The smallest absolute Gasteiger partial charge is 0.335 e. The van der Waals surface area contributed by atoms with E-state index in [2.05, 4.69) is 12.2 Å². The van der Waals surface area contributed by atoms with E-state index in [-0.39, 0.29) is 23.0 Å². The number of aromatic carboxylic acids is 1. The Morgan fingerprint density at radius 1 is 1.18 bits per heavy atom. The van der Waals surface area contributed by atoms with E-state index in [4.69, 9.17) is 5.11 Å². The molecule has 1 fully saturated rings. The van der Waals surface area contributed by atoms with Gasteiger partial charge >= 0.3 is 5.97 Å². The number of unbranched alkanes of at least 4 members (excludes halogenated alkanes) is 2. The number of nitrogens with zero attached hydrogens (tertiary/aromatic N) is 2. The van der Waals surface area contributed by atoms with Crippen molar-refractivity contribution in [2.24, 2.45) is 5.92 Å². The molecule has 1 aromatic rings. The Hall–Kier alpha value is -2.97. The van der Waals surface area contributed by atoms with E-state index in [1.165, 1.54) is 4.90 Å². The van der Waals surface area contributed by atoms with Crippen molar-refractivity contribution in [3.05, 3.63) is 39.4 Å². The number of carbonyl (C=O) groups excluding carboxylic acids is 2. The highest BCUT2D eigenvalue weighted by molar-refractivity contribution is 5.98. The Labute approximate surface area is 162 Å². The number of carboxylic acid groups (broad SMARTS) is 1. The Kier molecular flexibility index (Phi) is 7.48. The standard InChI is InChI=1S/C19H25N3O6/c1-2-3-4-7-20-17(23)13-5-8-21(9-6-13)18(24)14-10-15(19(25)26)12-16(11-14)22(27)28/h10-13H,2-9H2,1H3,(H,20,23)(H,25,26). The lowest BCUT2D eigenvalue weighted by Crippen LogP contribution is -2.43. The summed E-state index contributed by atoms with van der Waals surface area (Å²) >= 11 is 0. The molecule has 28 heavy (non-hydrogen) atoms. The quantitative estimate of drug-likeness (QED) is 0.398. The Balaban J connectivity index is 1.99. The fourth-order valence-corrected chi connectivity index (χ4v) is 3.22. The van der Waals surface area contributed by atoms with E-state index < -0.39 is 22.5 Å². The van der Waals surface area contributed by atoms with Gasteiger partial charge < -0.3 is 15.3 Å². The van der Waals surface area contributed by atoms with Crippen LogP contribution in [0.25, 0.3) is 0 Å². The highest BCUT2D eigenvalue weighted by Gasteiger charge is 2.28. The number of carbonyl (C=O) groups is 3. The number of nitro benzene ring substituents is 1. The summed E-state index contributed by atoms with van der Waals surface area (Å²) in [5, 5.41) is 23.1. The molecule has 1 heterocycles. The molecule has 0 saturated carbocycles. The van der Waals surface area contributed by atoms with Gasteiger partial charge in [0.05, 0.1) is 10.5 Å². The summed E-state index contributed by atoms with van der Waals surface area (Å²) < 4.78 is 0. The molecule has 0 unspecified atom stereocenters. The van der Waals surface area contributed by atoms with Crippen LogP contribution in [0.15, 0.2) is 18.2 Å². The lowest BCUT2D eigenvalue weighted by molar-refractivity contribution is -0.384. The zero-order valence-corrected chi connectivity index (χ0v) is 15.8. The molecule has 2 rings (SSSR count). The fourth-order valence-electron chi connectivity index (χ4n) is 3.22. The van der Waals surface area contributed by atoms with Crippen LogP contribution in [0, 0.1) is 16.0 Å². The predicted molar refractivity (Wildman–Crippen MR) is 101 cm³/mol. The van der Waals surface area contributed by atoms with Crippen molar-refractivity contribution in [2.45, 2.75) is 39.0 Å². The maximum atomic E-state index is 12.7. The molecule has 2 N–H and O–H groups in total. The summed E-state index contributed by atoms with van der Waals surface area (Å²) in [7, 11) is 0. The molecular formula is C19H25N3O6. The molecule has 152 valence electrons. The fraction of sp³-hybridized carbons (Fsp3) is 0.526. The minimum absolute atomic E-state index is 0.00767. The lowest BCUT2D eigenvalue weighted by atomic mass is 9.95. The van der Waals surface area contributed by atoms with Crippen molar-refractivity contribution in [1.82, 2.24) is 10.2 Å². The van der Waals surface area contributed by atoms with Crippen molar-refractivity contribution in [2.75, 3.05) is 19.6 Å². The Morgan fingerprint density at radius 3 is 2.39 bits per heavy atom. The normalized spacial score (nSPS) is 14.5. The maximum absolute atomic E-state index is 12.7. The average molecular weight is 391 g/mol.